The van der Waals surface area contributed by atoms with Crippen molar-refractivity contribution in [1.82, 2.24) is 0 Å². The van der Waals surface area contributed by atoms with Gasteiger partial charge in [0.05, 0.1) is 17.4 Å². The lowest BCUT2D eigenvalue weighted by molar-refractivity contribution is -0.274. The van der Waals surface area contributed by atoms with Gasteiger partial charge in [-0.2, -0.15) is 0 Å². The van der Waals surface area contributed by atoms with Crippen molar-refractivity contribution in [2.75, 3.05) is 10.6 Å². The van der Waals surface area contributed by atoms with Gasteiger partial charge in [0.15, 0.2) is 5.78 Å². The first-order valence-corrected chi connectivity index (χ1v) is 10.7. The highest BCUT2D eigenvalue weighted by molar-refractivity contribution is 6.01. The van der Waals surface area contributed by atoms with Crippen molar-refractivity contribution >= 4 is 17.2 Å². The van der Waals surface area contributed by atoms with Gasteiger partial charge in [-0.15, -0.1) is 13.2 Å². The molecule has 0 radical (unpaired) electrons. The summed E-state index contributed by atoms with van der Waals surface area (Å²) in [5, 5.41) is 6.80. The molecule has 2 N–H and O–H groups in total. The van der Waals surface area contributed by atoms with Gasteiger partial charge >= 0.3 is 6.36 Å². The number of Topliss-reactive ketones (excluding diaryl/α,β-unsaturated/α-hetero) is 1. The van der Waals surface area contributed by atoms with Crippen molar-refractivity contribution in [3.8, 4) is 5.75 Å². The molecular weight excluding hydrogens is 429 g/mol. The molecule has 0 unspecified atom stereocenters. The Kier molecular flexibility index (Phi) is 5.32. The SMILES string of the molecule is O=C1C[C@H](c2ccccc2)CC2=C1[C@H](c1cccc(OC(F)(F)F)c1)Nc1ccccc1N2. The van der Waals surface area contributed by atoms with Crippen molar-refractivity contribution in [1.29, 1.82) is 0 Å². The van der Waals surface area contributed by atoms with Crippen molar-refractivity contribution in [3.05, 3.63) is 101 Å². The predicted octanol–water partition coefficient (Wildman–Crippen LogP) is 6.56. The number of anilines is 2. The maximum atomic E-state index is 13.5. The Morgan fingerprint density at radius 2 is 1.52 bits per heavy atom. The Morgan fingerprint density at radius 1 is 0.818 bits per heavy atom. The quantitative estimate of drug-likeness (QED) is 0.474. The lowest BCUT2D eigenvalue weighted by Gasteiger charge is -2.30. The molecule has 3 aromatic rings. The van der Waals surface area contributed by atoms with E-state index in [0.717, 1.165) is 22.6 Å². The fourth-order valence-corrected chi connectivity index (χ4v) is 4.59. The van der Waals surface area contributed by atoms with E-state index in [0.29, 0.717) is 24.0 Å². The second-order valence-corrected chi connectivity index (χ2v) is 8.20. The van der Waals surface area contributed by atoms with Gasteiger partial charge in [-0.05, 0) is 47.7 Å². The van der Waals surface area contributed by atoms with E-state index in [9.17, 15) is 18.0 Å². The molecule has 0 amide bonds. The fourth-order valence-electron chi connectivity index (χ4n) is 4.59. The lowest BCUT2D eigenvalue weighted by Crippen LogP contribution is -2.27. The van der Waals surface area contributed by atoms with Crippen LogP contribution in [0.4, 0.5) is 24.5 Å². The number of benzene rings is 3. The second kappa shape index (κ2) is 8.31. The van der Waals surface area contributed by atoms with Crippen LogP contribution in [0.2, 0.25) is 0 Å². The van der Waals surface area contributed by atoms with Crippen LogP contribution in [0, 0.1) is 0 Å². The van der Waals surface area contributed by atoms with Crippen LogP contribution in [0.1, 0.15) is 35.9 Å². The number of allylic oxidation sites excluding steroid dienone is 1. The largest absolute Gasteiger partial charge is 0.573 e. The Bertz CT molecular complexity index is 1220. The molecule has 33 heavy (non-hydrogen) atoms. The standard InChI is InChI=1S/C26H21F3N2O2/c27-26(28,29)33-19-10-6-9-17(13-19)25-24-22(30-20-11-4-5-12-21(20)31-25)14-18(15-23(24)32)16-7-2-1-3-8-16/h1-13,18,25,30-31H,14-15H2/t18-,25+/m1/s1. The lowest BCUT2D eigenvalue weighted by atomic mass is 9.78. The summed E-state index contributed by atoms with van der Waals surface area (Å²) in [6.07, 6.45) is -3.84. The van der Waals surface area contributed by atoms with Crippen LogP contribution in [0.25, 0.3) is 0 Å². The number of carbonyl (C=O) groups excluding carboxylic acids is 1. The van der Waals surface area contributed by atoms with Crippen LogP contribution >= 0.6 is 0 Å². The number of ether oxygens (including phenoxy) is 1. The van der Waals surface area contributed by atoms with E-state index in [1.54, 1.807) is 6.07 Å². The van der Waals surface area contributed by atoms with Gasteiger partial charge in [0, 0.05) is 17.7 Å². The average Bonchev–Trinajstić information content (AvgIpc) is 2.95. The summed E-state index contributed by atoms with van der Waals surface area (Å²) >= 11 is 0. The van der Waals surface area contributed by atoms with Crippen LogP contribution in [0.15, 0.2) is 90.1 Å². The molecule has 1 aliphatic carbocycles. The molecule has 0 saturated carbocycles. The van der Waals surface area contributed by atoms with Gasteiger partial charge in [-0.25, -0.2) is 0 Å². The van der Waals surface area contributed by atoms with Crippen LogP contribution in [0.5, 0.6) is 5.75 Å². The summed E-state index contributed by atoms with van der Waals surface area (Å²) in [7, 11) is 0. The molecule has 168 valence electrons. The monoisotopic (exact) mass is 450 g/mol. The van der Waals surface area contributed by atoms with E-state index in [2.05, 4.69) is 15.4 Å². The minimum atomic E-state index is -4.79. The first kappa shape index (κ1) is 21.1. The minimum Gasteiger partial charge on any atom is -0.406 e. The van der Waals surface area contributed by atoms with E-state index >= 15 is 0 Å². The van der Waals surface area contributed by atoms with Crippen LogP contribution in [0.3, 0.4) is 0 Å². The number of ketones is 1. The van der Waals surface area contributed by atoms with Crippen LogP contribution in [-0.4, -0.2) is 12.1 Å². The van der Waals surface area contributed by atoms with E-state index in [1.807, 2.05) is 54.6 Å². The van der Waals surface area contributed by atoms with Crippen LogP contribution in [-0.2, 0) is 4.79 Å². The first-order chi connectivity index (χ1) is 15.9. The number of carbonyl (C=O) groups is 1. The maximum absolute atomic E-state index is 13.5. The molecule has 1 heterocycles. The van der Waals surface area contributed by atoms with Gasteiger partial charge in [0.1, 0.15) is 5.75 Å². The number of rotatable bonds is 3. The zero-order chi connectivity index (χ0) is 23.0. The molecule has 2 atom stereocenters. The number of halogens is 3. The molecule has 0 saturated heterocycles. The summed E-state index contributed by atoms with van der Waals surface area (Å²) in [4.78, 5) is 13.5. The Labute approximate surface area is 189 Å². The number of hydrogen-bond acceptors (Lipinski definition) is 4. The number of nitrogens with one attached hydrogen (secondary N) is 2. The molecule has 4 nitrogen and oxygen atoms in total. The molecule has 2 aliphatic rings. The van der Waals surface area contributed by atoms with Crippen molar-refractivity contribution in [2.24, 2.45) is 0 Å². The van der Waals surface area contributed by atoms with E-state index in [4.69, 9.17) is 0 Å². The van der Waals surface area contributed by atoms with Gasteiger partial charge < -0.3 is 15.4 Å². The van der Waals surface area contributed by atoms with Crippen LogP contribution < -0.4 is 15.4 Å². The third-order valence-corrected chi connectivity index (χ3v) is 6.00. The molecule has 7 heteroatoms. The summed E-state index contributed by atoms with van der Waals surface area (Å²) in [5.74, 6) is -0.333. The van der Waals surface area contributed by atoms with Crippen molar-refractivity contribution < 1.29 is 22.7 Å². The number of hydrogen-bond donors (Lipinski definition) is 2. The van der Waals surface area contributed by atoms with Gasteiger partial charge in [0.2, 0.25) is 0 Å². The molecule has 1 aliphatic heterocycles. The smallest absolute Gasteiger partial charge is 0.406 e. The van der Waals surface area contributed by atoms with E-state index < -0.39 is 12.4 Å². The van der Waals surface area contributed by atoms with Crippen molar-refractivity contribution in [3.63, 3.8) is 0 Å². The normalized spacial score (nSPS) is 20.2. The molecule has 0 spiro atoms. The Morgan fingerprint density at radius 3 is 2.27 bits per heavy atom. The third-order valence-electron chi connectivity index (χ3n) is 6.00. The summed E-state index contributed by atoms with van der Waals surface area (Å²) in [6.45, 7) is 0. The van der Waals surface area contributed by atoms with Gasteiger partial charge in [-0.1, -0.05) is 54.6 Å². The summed E-state index contributed by atoms with van der Waals surface area (Å²) < 4.78 is 42.5. The number of fused-ring (bicyclic) bond motifs is 1. The fraction of sp³-hybridized carbons (Fsp3) is 0.192. The minimum absolute atomic E-state index is 0.0239. The zero-order valence-corrected chi connectivity index (χ0v) is 17.5. The zero-order valence-electron chi connectivity index (χ0n) is 17.5. The van der Waals surface area contributed by atoms with Crippen molar-refractivity contribution in [2.45, 2.75) is 31.2 Å². The Hall–Kier alpha value is -3.74. The summed E-state index contributed by atoms with van der Waals surface area (Å²) in [5.41, 5.74) is 4.52. The highest BCUT2D eigenvalue weighted by atomic mass is 19.4. The van der Waals surface area contributed by atoms with E-state index in [-0.39, 0.29) is 17.5 Å². The first-order valence-electron chi connectivity index (χ1n) is 10.7. The summed E-state index contributed by atoms with van der Waals surface area (Å²) in [6, 6.07) is 22.6. The molecule has 0 fully saturated rings. The second-order valence-electron chi connectivity index (χ2n) is 8.20. The molecule has 0 aromatic heterocycles. The average molecular weight is 450 g/mol. The predicted molar refractivity (Wildman–Crippen MR) is 120 cm³/mol. The molecular formula is C26H21F3N2O2. The number of para-hydroxylation sites is 2. The maximum Gasteiger partial charge on any atom is 0.573 e. The molecule has 0 bridgehead atoms. The topological polar surface area (TPSA) is 50.4 Å². The molecule has 3 aromatic carbocycles. The van der Waals surface area contributed by atoms with E-state index in [1.165, 1.54) is 18.2 Å². The Balaban J connectivity index is 1.58. The van der Waals surface area contributed by atoms with Gasteiger partial charge in [0.25, 0.3) is 0 Å². The third kappa shape index (κ3) is 4.44. The highest BCUT2D eigenvalue weighted by Gasteiger charge is 2.36. The number of alkyl halides is 3. The van der Waals surface area contributed by atoms with Gasteiger partial charge in [-0.3, -0.25) is 4.79 Å². The highest BCUT2D eigenvalue weighted by Crippen LogP contribution is 2.44. The molecule has 5 rings (SSSR count).